The molecule has 32 heavy (non-hydrogen) atoms. The molecule has 1 fully saturated rings. The molecule has 0 radical (unpaired) electrons. The number of aromatic nitrogens is 1. The van der Waals surface area contributed by atoms with Gasteiger partial charge in [-0.15, -0.1) is 0 Å². The Bertz CT molecular complexity index is 1240. The topological polar surface area (TPSA) is 57.6 Å². The first-order chi connectivity index (χ1) is 15.4. The van der Waals surface area contributed by atoms with Gasteiger partial charge in [-0.25, -0.2) is 0 Å². The molecule has 0 atom stereocenters. The Morgan fingerprint density at radius 1 is 1.03 bits per heavy atom. The highest BCUT2D eigenvalue weighted by atomic mass is 79.9. The van der Waals surface area contributed by atoms with Crippen molar-refractivity contribution in [2.24, 2.45) is 0 Å². The summed E-state index contributed by atoms with van der Waals surface area (Å²) in [5.41, 5.74) is 3.18. The Morgan fingerprint density at radius 2 is 1.75 bits per heavy atom. The van der Waals surface area contributed by atoms with Crippen LogP contribution in [0, 0.1) is 0 Å². The number of nitrogens with zero attached hydrogens (tertiary/aromatic N) is 3. The summed E-state index contributed by atoms with van der Waals surface area (Å²) >= 11 is 10.1. The number of halogens is 2. The largest absolute Gasteiger partial charge is 0.346 e. The number of aryl methyl sites for hydroxylation is 1. The smallest absolute Gasteiger partial charge is 0.259 e. The number of rotatable bonds is 5. The van der Waals surface area contributed by atoms with Gasteiger partial charge in [-0.05, 0) is 53.6 Å². The van der Waals surface area contributed by atoms with Crippen LogP contribution in [0.5, 0.6) is 0 Å². The highest BCUT2D eigenvalue weighted by Gasteiger charge is 2.34. The number of imide groups is 1. The fourth-order valence-corrected chi connectivity index (χ4v) is 5.60. The molecular weight excluding hydrogens is 492 g/mol. The maximum Gasteiger partial charge on any atom is 0.259 e. The summed E-state index contributed by atoms with van der Waals surface area (Å²) in [7, 11) is 2.16. The molecule has 3 heterocycles. The van der Waals surface area contributed by atoms with Crippen molar-refractivity contribution in [3.63, 3.8) is 0 Å². The lowest BCUT2D eigenvalue weighted by Gasteiger charge is -2.32. The average molecular weight is 518 g/mol. The van der Waals surface area contributed by atoms with Crippen molar-refractivity contribution in [2.75, 3.05) is 39.8 Å². The summed E-state index contributed by atoms with van der Waals surface area (Å²) in [5.74, 6) is -0.740. The molecule has 2 aliphatic rings. The number of carbonyl (C=O) groups is 2. The van der Waals surface area contributed by atoms with Gasteiger partial charge >= 0.3 is 0 Å². The molecule has 1 aromatic heterocycles. The van der Waals surface area contributed by atoms with E-state index in [0.717, 1.165) is 66.6 Å². The quantitative estimate of drug-likeness (QED) is 0.507. The van der Waals surface area contributed by atoms with E-state index in [1.54, 1.807) is 6.07 Å². The summed E-state index contributed by atoms with van der Waals surface area (Å²) in [6.45, 7) is 6.26. The first kappa shape index (κ1) is 21.6. The summed E-state index contributed by atoms with van der Waals surface area (Å²) in [6, 6.07) is 9.42. The van der Waals surface area contributed by atoms with Crippen molar-refractivity contribution in [2.45, 2.75) is 13.0 Å². The summed E-state index contributed by atoms with van der Waals surface area (Å²) in [6.07, 6.45) is 3.02. The van der Waals surface area contributed by atoms with Crippen LogP contribution in [0.4, 0.5) is 0 Å². The molecule has 0 bridgehead atoms. The van der Waals surface area contributed by atoms with E-state index >= 15 is 0 Å². The predicted octanol–water partition coefficient (Wildman–Crippen LogP) is 4.49. The summed E-state index contributed by atoms with van der Waals surface area (Å²) in [4.78, 5) is 30.3. The maximum atomic E-state index is 12.8. The number of fused-ring (bicyclic) bond motifs is 3. The molecule has 0 aliphatic carbocycles. The van der Waals surface area contributed by atoms with Crippen molar-refractivity contribution >= 4 is 50.2 Å². The third-order valence-corrected chi connectivity index (χ3v) is 7.37. The van der Waals surface area contributed by atoms with E-state index < -0.39 is 0 Å². The Labute approximate surface area is 201 Å². The lowest BCUT2D eigenvalue weighted by atomic mass is 9.94. The van der Waals surface area contributed by atoms with E-state index in [2.05, 4.69) is 42.7 Å². The number of likely N-dealkylation sites (N-methyl/N-ethyl adjacent to an activating group) is 1. The van der Waals surface area contributed by atoms with Crippen LogP contribution < -0.4 is 5.32 Å². The van der Waals surface area contributed by atoms with Crippen LogP contribution in [0.25, 0.3) is 22.0 Å². The van der Waals surface area contributed by atoms with Gasteiger partial charge in [-0.3, -0.25) is 14.9 Å². The third-order valence-electron chi connectivity index (χ3n) is 6.44. The molecule has 6 nitrogen and oxygen atoms in total. The zero-order valence-corrected chi connectivity index (χ0v) is 20.2. The van der Waals surface area contributed by atoms with Gasteiger partial charge in [0.1, 0.15) is 0 Å². The molecule has 2 aromatic carbocycles. The second-order valence-electron chi connectivity index (χ2n) is 8.50. The lowest BCUT2D eigenvalue weighted by Crippen LogP contribution is -2.44. The predicted molar refractivity (Wildman–Crippen MR) is 133 cm³/mol. The van der Waals surface area contributed by atoms with Crippen LogP contribution in [0.15, 0.2) is 41.0 Å². The molecule has 8 heteroatoms. The highest BCUT2D eigenvalue weighted by Crippen LogP contribution is 2.41. The fraction of sp³-hybridized carbons (Fsp3) is 0.333. The number of benzene rings is 2. The molecule has 1 N–H and O–H groups in total. The Morgan fingerprint density at radius 3 is 2.50 bits per heavy atom. The van der Waals surface area contributed by atoms with Crippen LogP contribution >= 0.6 is 27.5 Å². The van der Waals surface area contributed by atoms with E-state index in [0.29, 0.717) is 21.7 Å². The van der Waals surface area contributed by atoms with Gasteiger partial charge in [0.25, 0.3) is 11.8 Å². The zero-order chi connectivity index (χ0) is 22.4. The molecule has 0 spiro atoms. The minimum Gasteiger partial charge on any atom is -0.346 e. The molecule has 1 saturated heterocycles. The van der Waals surface area contributed by atoms with Crippen molar-refractivity contribution in [3.8, 4) is 11.1 Å². The van der Waals surface area contributed by atoms with Gasteiger partial charge in [0.15, 0.2) is 0 Å². The molecule has 0 unspecified atom stereocenters. The van der Waals surface area contributed by atoms with Gasteiger partial charge in [0.2, 0.25) is 0 Å². The minimum absolute atomic E-state index is 0. The number of hydrogen-bond acceptors (Lipinski definition) is 4. The van der Waals surface area contributed by atoms with Crippen LogP contribution in [0.2, 0.25) is 5.02 Å². The first-order valence-corrected chi connectivity index (χ1v) is 12.0. The van der Waals surface area contributed by atoms with Crippen LogP contribution in [-0.4, -0.2) is 66.0 Å². The number of hydrogen-bond donors (Lipinski definition) is 1. The normalized spacial score (nSPS) is 17.2. The van der Waals surface area contributed by atoms with Crippen molar-refractivity contribution in [1.82, 2.24) is 19.7 Å². The molecule has 2 amide bonds. The monoisotopic (exact) mass is 516 g/mol. The number of piperazine rings is 1. The van der Waals surface area contributed by atoms with Gasteiger partial charge in [0, 0.05) is 60.8 Å². The van der Waals surface area contributed by atoms with E-state index in [-0.39, 0.29) is 13.2 Å². The van der Waals surface area contributed by atoms with Crippen molar-refractivity contribution in [1.29, 1.82) is 0 Å². The number of nitrogens with one attached hydrogen (secondary N) is 1. The van der Waals surface area contributed by atoms with Gasteiger partial charge < -0.3 is 14.4 Å². The van der Waals surface area contributed by atoms with Crippen LogP contribution in [0.3, 0.4) is 0 Å². The molecular formula is C24H26BrClN4O2. The number of amides is 2. The van der Waals surface area contributed by atoms with Gasteiger partial charge in [0.05, 0.1) is 16.6 Å². The molecule has 168 valence electrons. The van der Waals surface area contributed by atoms with Crippen molar-refractivity contribution < 1.29 is 11.0 Å². The van der Waals surface area contributed by atoms with Crippen LogP contribution in [-0.2, 0) is 6.54 Å². The van der Waals surface area contributed by atoms with Gasteiger partial charge in [-0.2, -0.15) is 0 Å². The summed E-state index contributed by atoms with van der Waals surface area (Å²) < 4.78 is 2.99. The summed E-state index contributed by atoms with van der Waals surface area (Å²) in [5, 5.41) is 3.79. The highest BCUT2D eigenvalue weighted by molar-refractivity contribution is 9.10. The van der Waals surface area contributed by atoms with E-state index in [1.807, 2.05) is 30.5 Å². The first-order valence-electron chi connectivity index (χ1n) is 10.8. The second kappa shape index (κ2) is 8.63. The molecule has 5 rings (SSSR count). The SMILES string of the molecule is CN1CCN(CCCn2cc(Br)c3c4c(c(-c5ccccc5Cl)cc32)C(=O)NC4=O)CC1.[HH]. The third kappa shape index (κ3) is 3.77. The zero-order valence-electron chi connectivity index (χ0n) is 17.8. The van der Waals surface area contributed by atoms with E-state index in [1.165, 1.54) is 0 Å². The molecule has 2 aliphatic heterocycles. The fourth-order valence-electron chi connectivity index (χ4n) is 4.71. The maximum absolute atomic E-state index is 12.8. The molecule has 3 aromatic rings. The Balaban J connectivity index is 0.00000259. The second-order valence-corrected chi connectivity index (χ2v) is 9.76. The lowest BCUT2D eigenvalue weighted by molar-refractivity contribution is 0.0880. The van der Waals surface area contributed by atoms with Crippen molar-refractivity contribution in [3.05, 3.63) is 57.2 Å². The number of carbonyl (C=O) groups excluding carboxylic acids is 2. The van der Waals surface area contributed by atoms with Crippen LogP contribution in [0.1, 0.15) is 28.6 Å². The Kier molecular flexibility index (Phi) is 5.84. The standard InChI is InChI=1S/C24H24BrClN4O2.H2/c1-28-9-11-29(12-10-28)7-4-8-30-14-17(25)21-19(30)13-16(15-5-2-3-6-18(15)26)20-22(21)24(32)27-23(20)31;/h2-3,5-6,13-14H,4,7-12H2,1H3,(H,27,31,32);1H. The minimum atomic E-state index is -0.378. The van der Waals surface area contributed by atoms with E-state index in [9.17, 15) is 9.59 Å². The Hall–Kier alpha value is -2.19. The van der Waals surface area contributed by atoms with E-state index in [4.69, 9.17) is 11.6 Å². The van der Waals surface area contributed by atoms with Gasteiger partial charge in [-0.1, -0.05) is 29.8 Å². The molecule has 0 saturated carbocycles. The average Bonchev–Trinajstić information content (AvgIpc) is 3.25.